The van der Waals surface area contributed by atoms with Crippen LogP contribution in [0.4, 0.5) is 10.1 Å². The molecule has 0 saturated heterocycles. The van der Waals surface area contributed by atoms with Gasteiger partial charge < -0.3 is 10.5 Å². The predicted molar refractivity (Wildman–Crippen MR) is 70.0 cm³/mol. The summed E-state index contributed by atoms with van der Waals surface area (Å²) in [6, 6.07) is 9.13. The monoisotopic (exact) mass is 315 g/mol. The number of ether oxygens (including phenoxy) is 1. The van der Waals surface area contributed by atoms with E-state index < -0.39 is 5.82 Å². The molecule has 0 spiro atoms. The first-order chi connectivity index (χ1) is 8.06. The maximum absolute atomic E-state index is 12.9. The Morgan fingerprint density at radius 1 is 1.12 bits per heavy atom. The number of anilines is 1. The van der Waals surface area contributed by atoms with Gasteiger partial charge in [0.15, 0.2) is 5.75 Å². The molecule has 88 valence electrons. The minimum absolute atomic E-state index is 0.223. The maximum atomic E-state index is 12.9. The Kier molecular flexibility index (Phi) is 3.54. The summed E-state index contributed by atoms with van der Waals surface area (Å²) in [6.07, 6.45) is 0. The van der Waals surface area contributed by atoms with Gasteiger partial charge in [0.1, 0.15) is 11.6 Å². The van der Waals surface area contributed by atoms with Gasteiger partial charge in [0.25, 0.3) is 0 Å². The number of benzene rings is 2. The quantitative estimate of drug-likeness (QED) is 0.821. The van der Waals surface area contributed by atoms with Crippen molar-refractivity contribution in [3.05, 3.63) is 51.7 Å². The van der Waals surface area contributed by atoms with Gasteiger partial charge in [-0.3, -0.25) is 0 Å². The van der Waals surface area contributed by atoms with Crippen molar-refractivity contribution in [1.29, 1.82) is 0 Å². The van der Waals surface area contributed by atoms with Crippen LogP contribution >= 0.6 is 27.5 Å². The van der Waals surface area contributed by atoms with Gasteiger partial charge in [0, 0.05) is 10.5 Å². The van der Waals surface area contributed by atoms with Crippen LogP contribution in [0, 0.1) is 5.82 Å². The Morgan fingerprint density at radius 2 is 1.88 bits per heavy atom. The highest BCUT2D eigenvalue weighted by atomic mass is 79.9. The standard InChI is InChI=1S/C12H8BrClFNO/c13-7-1-3-9(14)12(5-7)17-11-4-2-8(15)6-10(11)16/h1-6H,16H2. The smallest absolute Gasteiger partial charge is 0.150 e. The van der Waals surface area contributed by atoms with Crippen molar-refractivity contribution in [3.63, 3.8) is 0 Å². The largest absolute Gasteiger partial charge is 0.454 e. The molecule has 0 radical (unpaired) electrons. The van der Waals surface area contributed by atoms with Gasteiger partial charge in [-0.1, -0.05) is 27.5 Å². The minimum atomic E-state index is -0.407. The number of hydrogen-bond donors (Lipinski definition) is 1. The number of nitrogens with two attached hydrogens (primary N) is 1. The number of nitrogen functional groups attached to an aromatic ring is 1. The van der Waals surface area contributed by atoms with Gasteiger partial charge in [0.2, 0.25) is 0 Å². The molecule has 0 aromatic heterocycles. The fourth-order valence-corrected chi connectivity index (χ4v) is 1.78. The third-order valence-electron chi connectivity index (χ3n) is 2.08. The topological polar surface area (TPSA) is 35.2 Å². The van der Waals surface area contributed by atoms with Crippen LogP contribution in [-0.4, -0.2) is 0 Å². The fourth-order valence-electron chi connectivity index (χ4n) is 1.29. The highest BCUT2D eigenvalue weighted by Crippen LogP contribution is 2.34. The van der Waals surface area contributed by atoms with Gasteiger partial charge in [-0.25, -0.2) is 4.39 Å². The van der Waals surface area contributed by atoms with Crippen LogP contribution in [0.2, 0.25) is 5.02 Å². The molecule has 0 aliphatic carbocycles. The van der Waals surface area contributed by atoms with Crippen molar-refractivity contribution in [2.75, 3.05) is 5.73 Å². The molecule has 0 saturated carbocycles. The second kappa shape index (κ2) is 4.94. The first-order valence-corrected chi connectivity index (χ1v) is 5.91. The molecule has 0 aliphatic heterocycles. The Labute approximate surface area is 111 Å². The van der Waals surface area contributed by atoms with Gasteiger partial charge in [-0.15, -0.1) is 0 Å². The molecule has 0 heterocycles. The molecule has 5 heteroatoms. The lowest BCUT2D eigenvalue weighted by Crippen LogP contribution is -1.93. The first kappa shape index (κ1) is 12.2. The highest BCUT2D eigenvalue weighted by Gasteiger charge is 2.07. The zero-order valence-corrected chi connectivity index (χ0v) is 10.9. The van der Waals surface area contributed by atoms with E-state index in [2.05, 4.69) is 15.9 Å². The number of hydrogen-bond acceptors (Lipinski definition) is 2. The average molecular weight is 317 g/mol. The Bertz CT molecular complexity index is 562. The molecule has 2 nitrogen and oxygen atoms in total. The highest BCUT2D eigenvalue weighted by molar-refractivity contribution is 9.10. The van der Waals surface area contributed by atoms with E-state index >= 15 is 0 Å². The molecule has 0 atom stereocenters. The Morgan fingerprint density at radius 3 is 2.59 bits per heavy atom. The van der Waals surface area contributed by atoms with E-state index in [-0.39, 0.29) is 5.69 Å². The van der Waals surface area contributed by atoms with Crippen molar-refractivity contribution in [1.82, 2.24) is 0 Å². The lowest BCUT2D eigenvalue weighted by atomic mass is 10.3. The first-order valence-electron chi connectivity index (χ1n) is 4.74. The van der Waals surface area contributed by atoms with Gasteiger partial charge in [0.05, 0.1) is 10.7 Å². The summed E-state index contributed by atoms with van der Waals surface area (Å²) in [5.74, 6) is 0.418. The molecule has 2 aromatic rings. The van der Waals surface area contributed by atoms with E-state index in [0.717, 1.165) is 4.47 Å². The van der Waals surface area contributed by atoms with Gasteiger partial charge in [-0.05, 0) is 30.3 Å². The Hall–Kier alpha value is -1.26. The van der Waals surface area contributed by atoms with Crippen molar-refractivity contribution in [2.45, 2.75) is 0 Å². The molecular weight excluding hydrogens is 308 g/mol. The van der Waals surface area contributed by atoms with Crippen molar-refractivity contribution in [3.8, 4) is 11.5 Å². The maximum Gasteiger partial charge on any atom is 0.150 e. The fraction of sp³-hybridized carbons (Fsp3) is 0. The summed E-state index contributed by atoms with van der Waals surface area (Å²) in [6.45, 7) is 0. The van der Waals surface area contributed by atoms with Crippen LogP contribution in [0.5, 0.6) is 11.5 Å². The molecule has 0 fully saturated rings. The molecule has 2 aromatic carbocycles. The lowest BCUT2D eigenvalue weighted by Gasteiger charge is -2.10. The van der Waals surface area contributed by atoms with Crippen LogP contribution in [0.25, 0.3) is 0 Å². The molecule has 2 N–H and O–H groups in total. The number of rotatable bonds is 2. The van der Waals surface area contributed by atoms with E-state index in [9.17, 15) is 4.39 Å². The van der Waals surface area contributed by atoms with Crippen molar-refractivity contribution >= 4 is 33.2 Å². The third-order valence-corrected chi connectivity index (χ3v) is 2.89. The molecule has 0 amide bonds. The van der Waals surface area contributed by atoms with Gasteiger partial charge in [-0.2, -0.15) is 0 Å². The zero-order chi connectivity index (χ0) is 12.4. The summed E-state index contributed by atoms with van der Waals surface area (Å²) in [5, 5.41) is 0.455. The number of halogens is 3. The summed E-state index contributed by atoms with van der Waals surface area (Å²) in [4.78, 5) is 0. The van der Waals surface area contributed by atoms with Gasteiger partial charge >= 0.3 is 0 Å². The summed E-state index contributed by atoms with van der Waals surface area (Å²) in [5.41, 5.74) is 5.86. The van der Waals surface area contributed by atoms with Crippen molar-refractivity contribution in [2.24, 2.45) is 0 Å². The Balaban J connectivity index is 2.34. The summed E-state index contributed by atoms with van der Waals surface area (Å²) < 4.78 is 19.2. The van der Waals surface area contributed by atoms with E-state index in [0.29, 0.717) is 16.5 Å². The second-order valence-corrected chi connectivity index (χ2v) is 4.68. The van der Waals surface area contributed by atoms with Crippen molar-refractivity contribution < 1.29 is 9.13 Å². The van der Waals surface area contributed by atoms with Crippen LogP contribution in [0.1, 0.15) is 0 Å². The average Bonchev–Trinajstić information content (AvgIpc) is 2.27. The van der Waals surface area contributed by atoms with Crippen LogP contribution in [-0.2, 0) is 0 Å². The molecule has 0 unspecified atom stereocenters. The second-order valence-electron chi connectivity index (χ2n) is 3.36. The van der Waals surface area contributed by atoms with E-state index in [1.807, 2.05) is 0 Å². The molecular formula is C12H8BrClFNO. The minimum Gasteiger partial charge on any atom is -0.454 e. The van der Waals surface area contributed by atoms with Crippen LogP contribution in [0.3, 0.4) is 0 Å². The molecule has 17 heavy (non-hydrogen) atoms. The summed E-state index contributed by atoms with van der Waals surface area (Å²) in [7, 11) is 0. The van der Waals surface area contributed by atoms with Crippen LogP contribution in [0.15, 0.2) is 40.9 Å². The summed E-state index contributed by atoms with van der Waals surface area (Å²) >= 11 is 9.28. The lowest BCUT2D eigenvalue weighted by molar-refractivity contribution is 0.483. The normalized spacial score (nSPS) is 10.3. The van der Waals surface area contributed by atoms with E-state index in [4.69, 9.17) is 22.1 Å². The van der Waals surface area contributed by atoms with Crippen LogP contribution < -0.4 is 10.5 Å². The molecule has 2 rings (SSSR count). The zero-order valence-electron chi connectivity index (χ0n) is 8.58. The third kappa shape index (κ3) is 2.90. The van der Waals surface area contributed by atoms with E-state index in [1.54, 1.807) is 18.2 Å². The van der Waals surface area contributed by atoms with E-state index in [1.165, 1.54) is 18.2 Å². The molecule has 0 bridgehead atoms. The molecule has 0 aliphatic rings. The predicted octanol–water partition coefficient (Wildman–Crippen LogP) is 4.62. The SMILES string of the molecule is Nc1cc(F)ccc1Oc1cc(Br)ccc1Cl.